The zero-order chi connectivity index (χ0) is 25.9. The van der Waals surface area contributed by atoms with Crippen molar-refractivity contribution in [3.8, 4) is 0 Å². The van der Waals surface area contributed by atoms with Crippen LogP contribution in [0.1, 0.15) is 61.6 Å². The summed E-state index contributed by atoms with van der Waals surface area (Å²) in [5, 5.41) is 2.92. The Balaban J connectivity index is 1.54. The number of carbonyl (C=O) groups is 3. The number of aromatic nitrogens is 1. The van der Waals surface area contributed by atoms with E-state index in [0.29, 0.717) is 37.9 Å². The number of likely N-dealkylation sites (tertiary alicyclic amines) is 1. The summed E-state index contributed by atoms with van der Waals surface area (Å²) in [6.07, 6.45) is 3.07. The molecule has 0 aliphatic carbocycles. The van der Waals surface area contributed by atoms with E-state index < -0.39 is 11.8 Å². The van der Waals surface area contributed by atoms with Crippen LogP contribution in [0.5, 0.6) is 0 Å². The lowest BCUT2D eigenvalue weighted by Crippen LogP contribution is -2.59. The predicted octanol–water partition coefficient (Wildman–Crippen LogP) is 3.30. The fourth-order valence-electron chi connectivity index (χ4n) is 4.87. The number of hydrogen-bond donors (Lipinski definition) is 1. The molecule has 8 heteroatoms. The van der Waals surface area contributed by atoms with Crippen molar-refractivity contribution < 1.29 is 19.1 Å². The molecule has 3 heterocycles. The Morgan fingerprint density at radius 1 is 1.08 bits per heavy atom. The Morgan fingerprint density at radius 3 is 2.39 bits per heavy atom. The largest absolute Gasteiger partial charge is 0.353 e. The van der Waals surface area contributed by atoms with Crippen molar-refractivity contribution in [1.29, 1.82) is 0 Å². The minimum absolute atomic E-state index is 0.0969. The van der Waals surface area contributed by atoms with Crippen LogP contribution in [0.4, 0.5) is 0 Å². The molecule has 2 saturated heterocycles. The van der Waals surface area contributed by atoms with Gasteiger partial charge in [-0.1, -0.05) is 44.5 Å². The first-order valence-corrected chi connectivity index (χ1v) is 12.6. The summed E-state index contributed by atoms with van der Waals surface area (Å²) in [5.41, 5.74) is 1.28. The van der Waals surface area contributed by atoms with Gasteiger partial charge in [-0.05, 0) is 36.6 Å². The number of nitrogens with zero attached hydrogens (tertiary/aromatic N) is 3. The Hall–Kier alpha value is -3.26. The predicted molar refractivity (Wildman–Crippen MR) is 136 cm³/mol. The standard InChI is InChI=1S/C28H36N4O4/c1-20-8-10-21(11-9-20)26(35)32-23(25(34)30-18-22-7-5-6-14-29-22)19-36-28(32)12-15-31(16-13-28)24(33)17-27(2,3)4/h5-11,14,23H,12-13,15-19H2,1-4H3,(H,30,34). The smallest absolute Gasteiger partial charge is 0.256 e. The topological polar surface area (TPSA) is 91.8 Å². The minimum Gasteiger partial charge on any atom is -0.353 e. The second-order valence-corrected chi connectivity index (χ2v) is 11.0. The fraction of sp³-hybridized carbons (Fsp3) is 0.500. The van der Waals surface area contributed by atoms with Crippen molar-refractivity contribution in [2.45, 2.75) is 65.3 Å². The number of aryl methyl sites for hydroxylation is 1. The summed E-state index contributed by atoms with van der Waals surface area (Å²) in [7, 11) is 0. The third-order valence-electron chi connectivity index (χ3n) is 6.83. The maximum absolute atomic E-state index is 13.8. The van der Waals surface area contributed by atoms with Crippen LogP contribution in [0.2, 0.25) is 0 Å². The molecule has 1 aromatic carbocycles. The van der Waals surface area contributed by atoms with E-state index in [0.717, 1.165) is 11.3 Å². The van der Waals surface area contributed by atoms with Crippen LogP contribution in [-0.2, 0) is 20.9 Å². The molecule has 0 radical (unpaired) electrons. The molecular weight excluding hydrogens is 456 g/mol. The molecule has 2 aliphatic rings. The zero-order valence-electron chi connectivity index (χ0n) is 21.6. The second-order valence-electron chi connectivity index (χ2n) is 11.0. The average Bonchev–Trinajstić information content (AvgIpc) is 3.21. The Bertz CT molecular complexity index is 1090. The molecule has 1 spiro atoms. The molecule has 1 aromatic heterocycles. The molecule has 1 atom stereocenters. The van der Waals surface area contributed by atoms with Crippen molar-refractivity contribution in [3.63, 3.8) is 0 Å². The highest BCUT2D eigenvalue weighted by Gasteiger charge is 2.54. The van der Waals surface area contributed by atoms with Gasteiger partial charge in [-0.3, -0.25) is 24.3 Å². The molecular formula is C28H36N4O4. The van der Waals surface area contributed by atoms with Gasteiger partial charge in [0.25, 0.3) is 5.91 Å². The molecule has 8 nitrogen and oxygen atoms in total. The minimum atomic E-state index is -0.923. The molecule has 2 aromatic rings. The normalized spacial score (nSPS) is 19.4. The fourth-order valence-corrected chi connectivity index (χ4v) is 4.87. The highest BCUT2D eigenvalue weighted by atomic mass is 16.5. The molecule has 4 rings (SSSR count). The van der Waals surface area contributed by atoms with Crippen LogP contribution >= 0.6 is 0 Å². The Morgan fingerprint density at radius 2 is 1.78 bits per heavy atom. The average molecular weight is 493 g/mol. The van der Waals surface area contributed by atoms with Gasteiger partial charge in [0.2, 0.25) is 11.8 Å². The van der Waals surface area contributed by atoms with E-state index in [4.69, 9.17) is 4.74 Å². The third kappa shape index (κ3) is 5.75. The summed E-state index contributed by atoms with van der Waals surface area (Å²) in [6.45, 7) is 9.45. The molecule has 1 unspecified atom stereocenters. The number of pyridine rings is 1. The molecule has 1 N–H and O–H groups in total. The maximum atomic E-state index is 13.8. The van der Waals surface area contributed by atoms with Gasteiger partial charge in [0, 0.05) is 44.1 Å². The summed E-state index contributed by atoms with van der Waals surface area (Å²) in [6, 6.07) is 12.1. The molecule has 0 saturated carbocycles. The lowest BCUT2D eigenvalue weighted by Gasteiger charge is -2.44. The molecule has 0 bridgehead atoms. The number of piperidine rings is 1. The van der Waals surface area contributed by atoms with Crippen LogP contribution in [0.25, 0.3) is 0 Å². The number of nitrogens with one attached hydrogen (secondary N) is 1. The van der Waals surface area contributed by atoms with E-state index in [2.05, 4.69) is 10.3 Å². The van der Waals surface area contributed by atoms with Gasteiger partial charge in [0.15, 0.2) is 0 Å². The zero-order valence-corrected chi connectivity index (χ0v) is 21.6. The summed E-state index contributed by atoms with van der Waals surface area (Å²) < 4.78 is 6.27. The highest BCUT2D eigenvalue weighted by molar-refractivity contribution is 5.98. The van der Waals surface area contributed by atoms with Gasteiger partial charge < -0.3 is 15.0 Å². The molecule has 36 heavy (non-hydrogen) atoms. The Kier molecular flexibility index (Phi) is 7.45. The van der Waals surface area contributed by atoms with E-state index >= 15 is 0 Å². The van der Waals surface area contributed by atoms with Gasteiger partial charge in [-0.15, -0.1) is 0 Å². The highest BCUT2D eigenvalue weighted by Crippen LogP contribution is 2.39. The van der Waals surface area contributed by atoms with E-state index in [1.165, 1.54) is 0 Å². The van der Waals surface area contributed by atoms with Crippen LogP contribution in [0.15, 0.2) is 48.7 Å². The van der Waals surface area contributed by atoms with E-state index in [-0.39, 0.29) is 36.3 Å². The maximum Gasteiger partial charge on any atom is 0.256 e. The van der Waals surface area contributed by atoms with E-state index in [1.807, 2.05) is 62.9 Å². The SMILES string of the molecule is Cc1ccc(C(=O)N2C(C(=O)NCc3ccccn3)COC23CCN(C(=O)CC(C)(C)C)CC3)cc1. The van der Waals surface area contributed by atoms with Crippen LogP contribution < -0.4 is 5.32 Å². The van der Waals surface area contributed by atoms with Crippen molar-refractivity contribution in [2.75, 3.05) is 19.7 Å². The number of hydrogen-bond acceptors (Lipinski definition) is 5. The monoisotopic (exact) mass is 492 g/mol. The van der Waals surface area contributed by atoms with Gasteiger partial charge in [0.05, 0.1) is 18.8 Å². The van der Waals surface area contributed by atoms with Crippen molar-refractivity contribution in [3.05, 3.63) is 65.5 Å². The summed E-state index contributed by atoms with van der Waals surface area (Å²) in [4.78, 5) is 47.6. The Labute approximate surface area is 213 Å². The quantitative estimate of drug-likeness (QED) is 0.692. The van der Waals surface area contributed by atoms with Crippen molar-refractivity contribution in [1.82, 2.24) is 20.1 Å². The lowest BCUT2D eigenvalue weighted by atomic mass is 9.90. The molecule has 3 amide bonds. The van der Waals surface area contributed by atoms with E-state index in [1.54, 1.807) is 23.2 Å². The van der Waals surface area contributed by atoms with Crippen LogP contribution in [0, 0.1) is 12.3 Å². The summed E-state index contributed by atoms with van der Waals surface area (Å²) >= 11 is 0. The van der Waals surface area contributed by atoms with Gasteiger partial charge in [-0.25, -0.2) is 0 Å². The number of ether oxygens (including phenoxy) is 1. The number of benzene rings is 1. The van der Waals surface area contributed by atoms with Gasteiger partial charge in [-0.2, -0.15) is 0 Å². The first kappa shape index (κ1) is 25.8. The number of amides is 3. The first-order valence-electron chi connectivity index (χ1n) is 12.6. The number of carbonyl (C=O) groups excluding carboxylic acids is 3. The number of rotatable bonds is 5. The van der Waals surface area contributed by atoms with Crippen molar-refractivity contribution >= 4 is 17.7 Å². The van der Waals surface area contributed by atoms with Gasteiger partial charge in [0.1, 0.15) is 11.8 Å². The van der Waals surface area contributed by atoms with Crippen LogP contribution in [-0.4, -0.2) is 64.0 Å². The van der Waals surface area contributed by atoms with Crippen molar-refractivity contribution in [2.24, 2.45) is 5.41 Å². The molecule has 192 valence electrons. The first-order chi connectivity index (χ1) is 17.1. The van der Waals surface area contributed by atoms with E-state index in [9.17, 15) is 14.4 Å². The summed E-state index contributed by atoms with van der Waals surface area (Å²) in [5.74, 6) is -0.402. The molecule has 2 aliphatic heterocycles. The lowest BCUT2D eigenvalue weighted by molar-refractivity contribution is -0.145. The third-order valence-corrected chi connectivity index (χ3v) is 6.83. The second kappa shape index (κ2) is 10.4. The van der Waals surface area contributed by atoms with Gasteiger partial charge >= 0.3 is 0 Å². The van der Waals surface area contributed by atoms with Crippen LogP contribution in [0.3, 0.4) is 0 Å². The molecule has 2 fully saturated rings.